The SMILES string of the molecule is CC1(C)c2ccccc2-c2cc(N(c3ccccc3)c3cccc(-c4ccc5c(c4)C4(c6ccccc6Oc6ccccc64)c4ccccc4-5)c3)ccc21. The van der Waals surface area contributed by atoms with Gasteiger partial charge in [0.05, 0.1) is 5.41 Å². The number of rotatable bonds is 4. The average molecular weight is 692 g/mol. The van der Waals surface area contributed by atoms with Crippen LogP contribution in [0, 0.1) is 0 Å². The summed E-state index contributed by atoms with van der Waals surface area (Å²) in [6.07, 6.45) is 0. The van der Waals surface area contributed by atoms with E-state index in [1.807, 2.05) is 0 Å². The Labute approximate surface area is 316 Å². The van der Waals surface area contributed by atoms with Crippen LogP contribution in [0.15, 0.2) is 188 Å². The van der Waals surface area contributed by atoms with Crippen molar-refractivity contribution in [3.05, 3.63) is 221 Å². The molecule has 1 spiro atoms. The molecule has 3 aliphatic rings. The van der Waals surface area contributed by atoms with Gasteiger partial charge in [0.25, 0.3) is 0 Å². The Balaban J connectivity index is 1.09. The molecule has 54 heavy (non-hydrogen) atoms. The van der Waals surface area contributed by atoms with Gasteiger partial charge in [-0.3, -0.25) is 0 Å². The second kappa shape index (κ2) is 11.4. The topological polar surface area (TPSA) is 12.5 Å². The summed E-state index contributed by atoms with van der Waals surface area (Å²) < 4.78 is 6.59. The van der Waals surface area contributed by atoms with E-state index in [2.05, 4.69) is 207 Å². The first kappa shape index (κ1) is 30.9. The van der Waals surface area contributed by atoms with Crippen molar-refractivity contribution in [1.29, 1.82) is 0 Å². The van der Waals surface area contributed by atoms with Gasteiger partial charge in [-0.05, 0) is 110 Å². The van der Waals surface area contributed by atoms with Gasteiger partial charge in [0.2, 0.25) is 0 Å². The van der Waals surface area contributed by atoms with Crippen molar-refractivity contribution in [3.8, 4) is 44.9 Å². The summed E-state index contributed by atoms with van der Waals surface area (Å²) in [5.74, 6) is 1.82. The maximum absolute atomic E-state index is 6.59. The van der Waals surface area contributed by atoms with Gasteiger partial charge < -0.3 is 9.64 Å². The second-order valence-corrected chi connectivity index (χ2v) is 15.3. The molecule has 0 aromatic heterocycles. The van der Waals surface area contributed by atoms with E-state index in [4.69, 9.17) is 4.74 Å². The Morgan fingerprint density at radius 3 is 1.63 bits per heavy atom. The van der Waals surface area contributed by atoms with Crippen LogP contribution in [0.2, 0.25) is 0 Å². The lowest BCUT2D eigenvalue weighted by Crippen LogP contribution is -2.32. The van der Waals surface area contributed by atoms with Crippen molar-refractivity contribution in [2.75, 3.05) is 4.90 Å². The number of ether oxygens (including phenoxy) is 1. The summed E-state index contributed by atoms with van der Waals surface area (Å²) in [6, 6.07) is 68.8. The van der Waals surface area contributed by atoms with E-state index in [-0.39, 0.29) is 5.41 Å². The zero-order valence-electron chi connectivity index (χ0n) is 30.3. The summed E-state index contributed by atoms with van der Waals surface area (Å²) >= 11 is 0. The van der Waals surface area contributed by atoms with Gasteiger partial charge in [0.15, 0.2) is 0 Å². The molecule has 2 heteroatoms. The van der Waals surface area contributed by atoms with E-state index in [1.54, 1.807) is 0 Å². The van der Waals surface area contributed by atoms with Crippen molar-refractivity contribution in [2.24, 2.45) is 0 Å². The standard InChI is InChI=1S/C52H37NO/c1-51(2)43-21-8-6-20-40(43)42-33-38(28-30-44(42)51)53(36-16-4-3-5-17-36)37-18-14-15-34(31-37)35-27-29-41-39-19-7-9-22-45(39)52(48(41)32-35)46-23-10-12-25-49(46)54-50-26-13-11-24-47(50)52/h3-33H,1-2H3. The van der Waals surface area contributed by atoms with Gasteiger partial charge in [0.1, 0.15) is 11.5 Å². The Hall–Kier alpha value is -6.64. The quantitative estimate of drug-likeness (QED) is 0.182. The molecule has 0 bridgehead atoms. The molecule has 8 aromatic carbocycles. The maximum Gasteiger partial charge on any atom is 0.132 e. The van der Waals surface area contributed by atoms with Crippen LogP contribution in [0.25, 0.3) is 33.4 Å². The molecule has 2 aliphatic carbocycles. The average Bonchev–Trinajstić information content (AvgIpc) is 3.64. The summed E-state index contributed by atoms with van der Waals surface area (Å²) in [5.41, 5.74) is 18.1. The van der Waals surface area contributed by atoms with Gasteiger partial charge in [-0.1, -0.05) is 147 Å². The van der Waals surface area contributed by atoms with Crippen molar-refractivity contribution in [1.82, 2.24) is 0 Å². The smallest absolute Gasteiger partial charge is 0.132 e. The van der Waals surface area contributed by atoms with Gasteiger partial charge >= 0.3 is 0 Å². The number of hydrogen-bond donors (Lipinski definition) is 0. The monoisotopic (exact) mass is 691 g/mol. The van der Waals surface area contributed by atoms with Crippen LogP contribution in [0.3, 0.4) is 0 Å². The molecule has 0 N–H and O–H groups in total. The van der Waals surface area contributed by atoms with Crippen molar-refractivity contribution >= 4 is 17.1 Å². The zero-order chi connectivity index (χ0) is 36.0. The predicted octanol–water partition coefficient (Wildman–Crippen LogP) is 13.6. The third-order valence-corrected chi connectivity index (χ3v) is 12.1. The first-order valence-electron chi connectivity index (χ1n) is 18.8. The molecule has 11 rings (SSSR count). The van der Waals surface area contributed by atoms with E-state index in [0.29, 0.717) is 0 Å². The Morgan fingerprint density at radius 2 is 0.889 bits per heavy atom. The number of hydrogen-bond acceptors (Lipinski definition) is 2. The minimum Gasteiger partial charge on any atom is -0.457 e. The van der Waals surface area contributed by atoms with Crippen molar-refractivity contribution in [2.45, 2.75) is 24.7 Å². The van der Waals surface area contributed by atoms with Crippen LogP contribution in [0.1, 0.15) is 47.2 Å². The van der Waals surface area contributed by atoms with Crippen molar-refractivity contribution in [3.63, 3.8) is 0 Å². The molecule has 0 atom stereocenters. The third-order valence-electron chi connectivity index (χ3n) is 12.1. The van der Waals surface area contributed by atoms with Gasteiger partial charge in [-0.15, -0.1) is 0 Å². The molecule has 0 fully saturated rings. The van der Waals surface area contributed by atoms with Crippen LogP contribution in [0.4, 0.5) is 17.1 Å². The minimum atomic E-state index is -0.504. The fraction of sp³-hybridized carbons (Fsp3) is 0.0769. The Kier molecular flexibility index (Phi) is 6.55. The number of nitrogens with zero attached hydrogens (tertiary/aromatic N) is 1. The first-order chi connectivity index (χ1) is 26.5. The van der Waals surface area contributed by atoms with E-state index in [9.17, 15) is 0 Å². The van der Waals surface area contributed by atoms with Crippen molar-refractivity contribution < 1.29 is 4.74 Å². The van der Waals surface area contributed by atoms with Crippen LogP contribution in [0.5, 0.6) is 11.5 Å². The van der Waals surface area contributed by atoms with E-state index >= 15 is 0 Å². The summed E-state index contributed by atoms with van der Waals surface area (Å²) in [4.78, 5) is 2.40. The van der Waals surface area contributed by atoms with Crippen LogP contribution in [-0.2, 0) is 10.8 Å². The molecule has 0 amide bonds. The Bertz CT molecular complexity index is 2750. The van der Waals surface area contributed by atoms with Crippen LogP contribution < -0.4 is 9.64 Å². The lowest BCUT2D eigenvalue weighted by atomic mass is 9.66. The molecule has 0 saturated heterocycles. The fourth-order valence-corrected chi connectivity index (χ4v) is 9.73. The van der Waals surface area contributed by atoms with Gasteiger partial charge in [-0.25, -0.2) is 0 Å². The molecule has 1 heterocycles. The summed E-state index contributed by atoms with van der Waals surface area (Å²) in [7, 11) is 0. The van der Waals surface area contributed by atoms with E-state index in [0.717, 1.165) is 28.6 Å². The molecule has 256 valence electrons. The molecule has 0 unspecified atom stereocenters. The van der Waals surface area contributed by atoms with Gasteiger partial charge in [-0.2, -0.15) is 0 Å². The number of para-hydroxylation sites is 3. The Morgan fingerprint density at radius 1 is 0.352 bits per heavy atom. The minimum absolute atomic E-state index is 0.0436. The zero-order valence-corrected chi connectivity index (χ0v) is 30.3. The number of benzene rings is 8. The molecule has 2 nitrogen and oxygen atoms in total. The molecule has 1 aliphatic heterocycles. The highest BCUT2D eigenvalue weighted by Gasteiger charge is 2.51. The second-order valence-electron chi connectivity index (χ2n) is 15.3. The molecule has 0 radical (unpaired) electrons. The molecule has 8 aromatic rings. The largest absolute Gasteiger partial charge is 0.457 e. The summed E-state index contributed by atoms with van der Waals surface area (Å²) in [5, 5.41) is 0. The normalized spacial score (nSPS) is 14.6. The lowest BCUT2D eigenvalue weighted by Gasteiger charge is -2.39. The predicted molar refractivity (Wildman–Crippen MR) is 222 cm³/mol. The molecular weight excluding hydrogens is 655 g/mol. The highest BCUT2D eigenvalue weighted by atomic mass is 16.5. The maximum atomic E-state index is 6.59. The number of anilines is 3. The van der Waals surface area contributed by atoms with E-state index in [1.165, 1.54) is 66.8 Å². The van der Waals surface area contributed by atoms with E-state index < -0.39 is 5.41 Å². The lowest BCUT2D eigenvalue weighted by molar-refractivity contribution is 0.436. The first-order valence-corrected chi connectivity index (χ1v) is 18.8. The number of fused-ring (bicyclic) bond motifs is 12. The van der Waals surface area contributed by atoms with Crippen LogP contribution in [-0.4, -0.2) is 0 Å². The summed E-state index contributed by atoms with van der Waals surface area (Å²) in [6.45, 7) is 4.68. The highest BCUT2D eigenvalue weighted by Crippen LogP contribution is 2.62. The van der Waals surface area contributed by atoms with Gasteiger partial charge in [0, 0.05) is 33.6 Å². The third kappa shape index (κ3) is 4.22. The highest BCUT2D eigenvalue weighted by molar-refractivity contribution is 5.91. The molecular formula is C52H37NO. The molecule has 0 saturated carbocycles. The fourth-order valence-electron chi connectivity index (χ4n) is 9.73. The van der Waals surface area contributed by atoms with Crippen LogP contribution >= 0.6 is 0 Å².